The Bertz CT molecular complexity index is 532. The predicted octanol–water partition coefficient (Wildman–Crippen LogP) is 3.61. The van der Waals surface area contributed by atoms with Crippen molar-refractivity contribution in [3.05, 3.63) is 47.7 Å². The molecular formula is C14H19O6P. The van der Waals surface area contributed by atoms with E-state index in [1.54, 1.807) is 6.92 Å². The van der Waals surface area contributed by atoms with Gasteiger partial charge in [0, 0.05) is 14.2 Å². The van der Waals surface area contributed by atoms with Crippen molar-refractivity contribution >= 4 is 13.8 Å². The first-order valence-electron chi connectivity index (χ1n) is 6.25. The zero-order valence-corrected chi connectivity index (χ0v) is 13.3. The van der Waals surface area contributed by atoms with E-state index >= 15 is 0 Å². The fourth-order valence-electron chi connectivity index (χ4n) is 1.52. The summed E-state index contributed by atoms with van der Waals surface area (Å²) in [6.45, 7) is 3.21. The molecule has 1 atom stereocenters. The first kappa shape index (κ1) is 17.4. The van der Waals surface area contributed by atoms with Gasteiger partial charge in [0.2, 0.25) is 0 Å². The summed E-state index contributed by atoms with van der Waals surface area (Å²) >= 11 is 0. The second kappa shape index (κ2) is 7.98. The lowest BCUT2D eigenvalue weighted by Gasteiger charge is -2.15. The average Bonchev–Trinajstić information content (AvgIpc) is 2.47. The second-order valence-electron chi connectivity index (χ2n) is 4.15. The van der Waals surface area contributed by atoms with Crippen LogP contribution >= 0.6 is 7.82 Å². The number of hydrogen-bond donors (Lipinski definition) is 0. The van der Waals surface area contributed by atoms with E-state index in [9.17, 15) is 9.36 Å². The molecule has 6 nitrogen and oxygen atoms in total. The number of allylic oxidation sites excluding steroid dienone is 1. The quantitative estimate of drug-likeness (QED) is 0.331. The van der Waals surface area contributed by atoms with Crippen LogP contribution in [0.3, 0.4) is 0 Å². The van der Waals surface area contributed by atoms with Gasteiger partial charge in [-0.1, -0.05) is 30.3 Å². The number of rotatable bonds is 7. The topological polar surface area (TPSA) is 71.1 Å². The molecule has 0 spiro atoms. The molecule has 7 heteroatoms. The van der Waals surface area contributed by atoms with E-state index in [0.717, 1.165) is 11.6 Å². The fraction of sp³-hybridized carbons (Fsp3) is 0.357. The number of carbonyl (C=O) groups is 1. The summed E-state index contributed by atoms with van der Waals surface area (Å²) in [5.74, 6) is -0.532. The van der Waals surface area contributed by atoms with Crippen LogP contribution in [0.4, 0.5) is 0 Å². The van der Waals surface area contributed by atoms with Crippen LogP contribution in [0.2, 0.25) is 0 Å². The Kier molecular flexibility index (Phi) is 6.62. The zero-order chi connectivity index (χ0) is 15.9. The number of phosphoric acid groups is 1. The molecule has 0 amide bonds. The van der Waals surface area contributed by atoms with Gasteiger partial charge in [0.1, 0.15) is 11.9 Å². The SMILES string of the molecule is COP(=O)(OC)O/C(C)=C\C(=O)O[C@H](C)c1ccccc1. The highest BCUT2D eigenvalue weighted by Gasteiger charge is 2.24. The number of carbonyl (C=O) groups excluding carboxylic acids is 1. The Balaban J connectivity index is 2.64. The molecule has 0 saturated carbocycles. The van der Waals surface area contributed by atoms with E-state index < -0.39 is 19.9 Å². The largest absolute Gasteiger partial charge is 0.529 e. The van der Waals surface area contributed by atoms with Crippen molar-refractivity contribution in [2.75, 3.05) is 14.2 Å². The lowest BCUT2D eigenvalue weighted by Crippen LogP contribution is -2.07. The van der Waals surface area contributed by atoms with E-state index in [2.05, 4.69) is 9.05 Å². The Morgan fingerprint density at radius 2 is 1.76 bits per heavy atom. The maximum Gasteiger partial charge on any atom is 0.529 e. The van der Waals surface area contributed by atoms with Gasteiger partial charge in [0.25, 0.3) is 0 Å². The summed E-state index contributed by atoms with van der Waals surface area (Å²) < 4.78 is 31.1. The highest BCUT2D eigenvalue weighted by molar-refractivity contribution is 7.48. The molecule has 1 aromatic carbocycles. The molecule has 116 valence electrons. The molecule has 0 bridgehead atoms. The van der Waals surface area contributed by atoms with Gasteiger partial charge in [-0.15, -0.1) is 0 Å². The number of esters is 1. The van der Waals surface area contributed by atoms with Crippen LogP contribution in [0.5, 0.6) is 0 Å². The first-order valence-corrected chi connectivity index (χ1v) is 7.71. The number of phosphoric ester groups is 1. The van der Waals surface area contributed by atoms with Crippen LogP contribution < -0.4 is 0 Å². The Hall–Kier alpha value is -1.62. The Morgan fingerprint density at radius 3 is 2.29 bits per heavy atom. The van der Waals surface area contributed by atoms with Crippen LogP contribution in [0.1, 0.15) is 25.5 Å². The van der Waals surface area contributed by atoms with Crippen molar-refractivity contribution in [3.63, 3.8) is 0 Å². The number of ether oxygens (including phenoxy) is 1. The van der Waals surface area contributed by atoms with Gasteiger partial charge in [0.05, 0.1) is 6.08 Å². The highest BCUT2D eigenvalue weighted by Crippen LogP contribution is 2.49. The van der Waals surface area contributed by atoms with Crippen LogP contribution in [-0.2, 0) is 27.7 Å². The van der Waals surface area contributed by atoms with E-state index in [4.69, 9.17) is 9.26 Å². The minimum atomic E-state index is -3.66. The van der Waals surface area contributed by atoms with E-state index in [-0.39, 0.29) is 5.76 Å². The smallest absolute Gasteiger partial charge is 0.455 e. The minimum absolute atomic E-state index is 0.0762. The summed E-state index contributed by atoms with van der Waals surface area (Å²) in [6.07, 6.45) is 0.684. The lowest BCUT2D eigenvalue weighted by molar-refractivity contribution is -0.142. The molecule has 0 N–H and O–H groups in total. The monoisotopic (exact) mass is 314 g/mol. The fourth-order valence-corrected chi connectivity index (χ4v) is 2.22. The molecule has 0 aromatic heterocycles. The average molecular weight is 314 g/mol. The summed E-state index contributed by atoms with van der Waals surface area (Å²) in [5.41, 5.74) is 0.872. The Labute approximate surface area is 124 Å². The standard InChI is InChI=1S/C14H19O6P/c1-11(20-21(16,17-3)18-4)10-14(15)19-12(2)13-8-6-5-7-9-13/h5-10,12H,1-4H3/b11-10-/t12-/m1/s1. The molecule has 1 aromatic rings. The molecule has 0 aliphatic carbocycles. The van der Waals surface area contributed by atoms with Crippen molar-refractivity contribution < 1.29 is 27.7 Å². The molecule has 0 aliphatic rings. The molecule has 0 aliphatic heterocycles. The van der Waals surface area contributed by atoms with Gasteiger partial charge in [-0.2, -0.15) is 0 Å². The second-order valence-corrected chi connectivity index (χ2v) is 5.96. The molecule has 0 radical (unpaired) electrons. The van der Waals surface area contributed by atoms with E-state index in [1.165, 1.54) is 21.1 Å². The highest BCUT2D eigenvalue weighted by atomic mass is 31.2. The van der Waals surface area contributed by atoms with Gasteiger partial charge >= 0.3 is 13.8 Å². The Morgan fingerprint density at radius 1 is 1.19 bits per heavy atom. The third-order valence-electron chi connectivity index (χ3n) is 2.59. The summed E-state index contributed by atoms with van der Waals surface area (Å²) in [4.78, 5) is 11.7. The molecular weight excluding hydrogens is 295 g/mol. The zero-order valence-electron chi connectivity index (χ0n) is 12.4. The summed E-state index contributed by atoms with van der Waals surface area (Å²) in [7, 11) is -1.29. The van der Waals surface area contributed by atoms with Gasteiger partial charge < -0.3 is 9.26 Å². The van der Waals surface area contributed by atoms with Gasteiger partial charge in [-0.3, -0.25) is 9.05 Å². The third kappa shape index (κ3) is 5.71. The van der Waals surface area contributed by atoms with Crippen LogP contribution in [0, 0.1) is 0 Å². The maximum absolute atomic E-state index is 11.7. The van der Waals surface area contributed by atoms with Crippen molar-refractivity contribution in [2.24, 2.45) is 0 Å². The summed E-state index contributed by atoms with van der Waals surface area (Å²) in [5, 5.41) is 0. The molecule has 0 fully saturated rings. The number of benzene rings is 1. The first-order chi connectivity index (χ1) is 9.90. The van der Waals surface area contributed by atoms with Gasteiger partial charge in [-0.25, -0.2) is 9.36 Å². The van der Waals surface area contributed by atoms with Crippen LogP contribution in [0.15, 0.2) is 42.2 Å². The van der Waals surface area contributed by atoms with E-state index in [1.807, 2.05) is 30.3 Å². The molecule has 21 heavy (non-hydrogen) atoms. The van der Waals surface area contributed by atoms with Crippen molar-refractivity contribution in [2.45, 2.75) is 20.0 Å². The minimum Gasteiger partial charge on any atom is -0.455 e. The van der Waals surface area contributed by atoms with Crippen molar-refractivity contribution in [1.29, 1.82) is 0 Å². The van der Waals surface area contributed by atoms with Gasteiger partial charge in [0.15, 0.2) is 0 Å². The molecule has 0 saturated heterocycles. The molecule has 0 heterocycles. The maximum atomic E-state index is 11.7. The van der Waals surface area contributed by atoms with Crippen LogP contribution in [0.25, 0.3) is 0 Å². The number of hydrogen-bond acceptors (Lipinski definition) is 6. The van der Waals surface area contributed by atoms with Crippen LogP contribution in [-0.4, -0.2) is 20.2 Å². The normalized spacial score (nSPS) is 13.6. The molecule has 0 unspecified atom stereocenters. The third-order valence-corrected chi connectivity index (χ3v) is 3.99. The van der Waals surface area contributed by atoms with Crippen molar-refractivity contribution in [1.82, 2.24) is 0 Å². The van der Waals surface area contributed by atoms with Crippen molar-refractivity contribution in [3.8, 4) is 0 Å². The summed E-state index contributed by atoms with van der Waals surface area (Å²) in [6, 6.07) is 9.31. The van der Waals surface area contributed by atoms with Gasteiger partial charge in [-0.05, 0) is 19.4 Å². The predicted molar refractivity (Wildman–Crippen MR) is 77.4 cm³/mol. The molecule has 1 rings (SSSR count). The lowest BCUT2D eigenvalue weighted by atomic mass is 10.1. The van der Waals surface area contributed by atoms with E-state index in [0.29, 0.717) is 0 Å².